The maximum Gasteiger partial charge on any atom is 0.255 e. The molecule has 0 saturated carbocycles. The minimum absolute atomic E-state index is 0.00439. The predicted octanol–water partition coefficient (Wildman–Crippen LogP) is 2.37. The van der Waals surface area contributed by atoms with Crippen LogP contribution in [0.25, 0.3) is 0 Å². The van der Waals surface area contributed by atoms with Gasteiger partial charge in [-0.15, -0.1) is 0 Å². The van der Waals surface area contributed by atoms with Gasteiger partial charge in [0, 0.05) is 29.9 Å². The van der Waals surface area contributed by atoms with E-state index in [1.165, 1.54) is 11.0 Å². The van der Waals surface area contributed by atoms with Crippen LogP contribution in [-0.2, 0) is 34.0 Å². The molecule has 3 amide bonds. The summed E-state index contributed by atoms with van der Waals surface area (Å²) >= 11 is 0. The number of nitrogens with one attached hydrogen (secondary N) is 1. The first-order valence-electron chi connectivity index (χ1n) is 12.3. The molecule has 3 aliphatic heterocycles. The molecule has 2 atom stereocenters. The van der Waals surface area contributed by atoms with Gasteiger partial charge in [0.15, 0.2) is 0 Å². The van der Waals surface area contributed by atoms with E-state index in [1.807, 2.05) is 24.3 Å². The smallest absolute Gasteiger partial charge is 0.255 e. The maximum absolute atomic E-state index is 13.2. The number of allylic oxidation sites excluding steroid dienone is 1. The summed E-state index contributed by atoms with van der Waals surface area (Å²) in [6.07, 6.45) is 0.904. The van der Waals surface area contributed by atoms with Crippen molar-refractivity contribution in [2.45, 2.75) is 38.6 Å². The van der Waals surface area contributed by atoms with Crippen molar-refractivity contribution in [3.63, 3.8) is 0 Å². The molecule has 1 N–H and O–H groups in total. The highest BCUT2D eigenvalue weighted by atomic mass is 16.5. The van der Waals surface area contributed by atoms with Gasteiger partial charge in [-0.05, 0) is 36.1 Å². The average Bonchev–Trinajstić information content (AvgIpc) is 3.12. The van der Waals surface area contributed by atoms with Crippen molar-refractivity contribution < 1.29 is 26.6 Å². The summed E-state index contributed by atoms with van der Waals surface area (Å²) in [5.41, 5.74) is 2.88. The summed E-state index contributed by atoms with van der Waals surface area (Å²) in [6.45, 7) is 4.56. The van der Waals surface area contributed by atoms with E-state index in [1.54, 1.807) is 11.0 Å². The number of fused-ring (bicyclic) bond motifs is 1. The zero-order valence-corrected chi connectivity index (χ0v) is 18.7. The molecule has 2 aromatic carbocycles. The lowest BCUT2D eigenvalue weighted by Gasteiger charge is -2.31. The van der Waals surface area contributed by atoms with Crippen molar-refractivity contribution in [1.29, 1.82) is 0 Å². The maximum atomic E-state index is 13.2. The summed E-state index contributed by atoms with van der Waals surface area (Å²) in [7, 11) is 0. The molecule has 0 aliphatic carbocycles. The van der Waals surface area contributed by atoms with Crippen LogP contribution in [-0.4, -0.2) is 53.3 Å². The SMILES string of the molecule is [2H]c1ccc(OCc2ccc(CN3CCOCC3=O)cc2)c2c1C(=O)N(C1CCC(=C)NC1=O)C2[2H]. The molecule has 8 heteroatoms. The number of carbonyl (C=O) groups excluding carboxylic acids is 3. The Morgan fingerprint density at radius 3 is 2.76 bits per heavy atom. The van der Waals surface area contributed by atoms with Crippen LogP contribution < -0.4 is 10.1 Å². The Morgan fingerprint density at radius 1 is 1.21 bits per heavy atom. The highest BCUT2D eigenvalue weighted by Gasteiger charge is 2.39. The summed E-state index contributed by atoms with van der Waals surface area (Å²) in [5, 5.41) is 2.67. The van der Waals surface area contributed by atoms with Gasteiger partial charge in [-0.3, -0.25) is 14.4 Å². The molecule has 2 aromatic rings. The van der Waals surface area contributed by atoms with E-state index in [-0.39, 0.29) is 36.6 Å². The summed E-state index contributed by atoms with van der Waals surface area (Å²) in [6, 6.07) is 9.98. The number of ether oxygens (including phenoxy) is 2. The molecule has 0 spiro atoms. The van der Waals surface area contributed by atoms with E-state index in [2.05, 4.69) is 11.9 Å². The van der Waals surface area contributed by atoms with Gasteiger partial charge < -0.3 is 24.6 Å². The second-order valence-corrected chi connectivity index (χ2v) is 8.59. The number of morpholine rings is 1. The molecule has 2 saturated heterocycles. The molecule has 2 unspecified atom stereocenters. The molecule has 0 bridgehead atoms. The van der Waals surface area contributed by atoms with Gasteiger partial charge in [0.1, 0.15) is 25.0 Å². The number of hydrogen-bond donors (Lipinski definition) is 1. The van der Waals surface area contributed by atoms with E-state index in [4.69, 9.17) is 12.2 Å². The number of benzene rings is 2. The average molecular weight is 464 g/mol. The molecule has 34 heavy (non-hydrogen) atoms. The molecule has 0 radical (unpaired) electrons. The van der Waals surface area contributed by atoms with Gasteiger partial charge in [0.2, 0.25) is 11.8 Å². The van der Waals surface area contributed by atoms with Crippen molar-refractivity contribution in [3.05, 3.63) is 77.0 Å². The quantitative estimate of drug-likeness (QED) is 0.711. The van der Waals surface area contributed by atoms with E-state index in [0.29, 0.717) is 49.5 Å². The Balaban J connectivity index is 1.30. The second kappa shape index (κ2) is 9.30. The first kappa shape index (κ1) is 19.8. The molecular weight excluding hydrogens is 434 g/mol. The van der Waals surface area contributed by atoms with Gasteiger partial charge in [-0.1, -0.05) is 36.9 Å². The van der Waals surface area contributed by atoms with Crippen LogP contribution in [0.3, 0.4) is 0 Å². The van der Waals surface area contributed by atoms with Crippen molar-refractivity contribution in [2.24, 2.45) is 0 Å². The number of hydrogen-bond acceptors (Lipinski definition) is 5. The van der Waals surface area contributed by atoms with Crippen LogP contribution in [0.1, 0.15) is 42.6 Å². The largest absolute Gasteiger partial charge is 0.489 e. The Kier molecular flexibility index (Phi) is 5.42. The second-order valence-electron chi connectivity index (χ2n) is 8.59. The Morgan fingerprint density at radius 2 is 2.00 bits per heavy atom. The molecule has 0 aromatic heterocycles. The monoisotopic (exact) mass is 463 g/mol. The summed E-state index contributed by atoms with van der Waals surface area (Å²) in [5.74, 6) is -0.544. The highest BCUT2D eigenvalue weighted by Crippen LogP contribution is 2.34. The number of nitrogens with zero attached hydrogens (tertiary/aromatic N) is 2. The molecule has 2 fully saturated rings. The van der Waals surface area contributed by atoms with Gasteiger partial charge >= 0.3 is 0 Å². The van der Waals surface area contributed by atoms with Crippen LogP contribution in [0.5, 0.6) is 5.75 Å². The van der Waals surface area contributed by atoms with Gasteiger partial charge in [0.05, 0.1) is 15.9 Å². The zero-order valence-electron chi connectivity index (χ0n) is 20.7. The molecule has 3 aliphatic rings. The molecule has 3 heterocycles. The minimum Gasteiger partial charge on any atom is -0.489 e. The van der Waals surface area contributed by atoms with E-state index >= 15 is 0 Å². The third-order valence-corrected chi connectivity index (χ3v) is 6.25. The third-order valence-electron chi connectivity index (χ3n) is 6.25. The summed E-state index contributed by atoms with van der Waals surface area (Å²) in [4.78, 5) is 40.7. The number of piperidine rings is 1. The highest BCUT2D eigenvalue weighted by molar-refractivity contribution is 6.02. The van der Waals surface area contributed by atoms with Crippen molar-refractivity contribution in [1.82, 2.24) is 15.1 Å². The van der Waals surface area contributed by atoms with Crippen molar-refractivity contribution in [3.8, 4) is 5.75 Å². The topological polar surface area (TPSA) is 88.2 Å². The van der Waals surface area contributed by atoms with Gasteiger partial charge in [0.25, 0.3) is 5.91 Å². The predicted molar refractivity (Wildman–Crippen MR) is 124 cm³/mol. The van der Waals surface area contributed by atoms with Crippen LogP contribution in [0, 0.1) is 0 Å². The Labute approximate surface area is 200 Å². The Hall–Kier alpha value is -3.65. The lowest BCUT2D eigenvalue weighted by Crippen LogP contribution is -2.49. The first-order valence-corrected chi connectivity index (χ1v) is 11.3. The zero-order chi connectivity index (χ0) is 25.4. The third kappa shape index (κ3) is 4.41. The van der Waals surface area contributed by atoms with Crippen molar-refractivity contribution >= 4 is 17.7 Å². The van der Waals surface area contributed by atoms with Crippen LogP contribution >= 0.6 is 0 Å². The van der Waals surface area contributed by atoms with Gasteiger partial charge in [-0.2, -0.15) is 0 Å². The first-order chi connectivity index (χ1) is 17.3. The minimum atomic E-state index is -1.15. The number of amides is 3. The van der Waals surface area contributed by atoms with Crippen molar-refractivity contribution in [2.75, 3.05) is 19.8 Å². The number of rotatable bonds is 6. The molecular formula is C26H27N3O5. The fourth-order valence-corrected chi connectivity index (χ4v) is 4.35. The van der Waals surface area contributed by atoms with E-state index < -0.39 is 18.5 Å². The standard InChI is InChI=1S/C26H27N3O5/c1-17-5-10-22(25(31)27-17)29-14-21-20(26(29)32)3-2-4-23(21)34-15-19-8-6-18(7-9-19)13-28-11-12-33-16-24(28)30/h2-4,6-9,22H,1,5,10-16H2,(H,27,31)/i3D,14D. The lowest BCUT2D eigenvalue weighted by atomic mass is 10.0. The van der Waals surface area contributed by atoms with Crippen LogP contribution in [0.4, 0.5) is 0 Å². The fourth-order valence-electron chi connectivity index (χ4n) is 4.35. The number of carbonyl (C=O) groups is 3. The molecule has 176 valence electrons. The van der Waals surface area contributed by atoms with Crippen LogP contribution in [0.2, 0.25) is 0 Å². The summed E-state index contributed by atoms with van der Waals surface area (Å²) < 4.78 is 28.2. The molecule has 5 rings (SSSR count). The fraction of sp³-hybridized carbons (Fsp3) is 0.346. The molecule has 8 nitrogen and oxygen atoms in total. The Bertz CT molecular complexity index is 1230. The van der Waals surface area contributed by atoms with E-state index in [9.17, 15) is 14.4 Å². The lowest BCUT2D eigenvalue weighted by molar-refractivity contribution is -0.143. The van der Waals surface area contributed by atoms with Gasteiger partial charge in [-0.25, -0.2) is 0 Å². The van der Waals surface area contributed by atoms with Crippen LogP contribution in [0.15, 0.2) is 54.7 Å². The normalized spacial score (nSPS) is 23.4. The van der Waals surface area contributed by atoms with E-state index in [0.717, 1.165) is 11.1 Å².